The number of carbonyl (C=O) groups is 2. The van der Waals surface area contributed by atoms with E-state index in [-0.39, 0.29) is 23.8 Å². The van der Waals surface area contributed by atoms with Crippen molar-refractivity contribution in [1.82, 2.24) is 10.1 Å². The molecular weight excluding hydrogens is 272 g/mol. The second kappa shape index (κ2) is 5.35. The van der Waals surface area contributed by atoms with E-state index < -0.39 is 11.4 Å². The Morgan fingerprint density at radius 3 is 2.71 bits per heavy atom. The summed E-state index contributed by atoms with van der Waals surface area (Å²) in [6.45, 7) is 5.88. The Labute approximate surface area is 123 Å². The third-order valence-corrected chi connectivity index (χ3v) is 3.38. The van der Waals surface area contributed by atoms with E-state index in [1.165, 1.54) is 0 Å². The number of hydrogen-bond donors (Lipinski definition) is 0. The van der Waals surface area contributed by atoms with Gasteiger partial charge in [-0.3, -0.25) is 4.79 Å². The van der Waals surface area contributed by atoms with Crippen molar-refractivity contribution in [1.29, 1.82) is 0 Å². The first kappa shape index (κ1) is 15.3. The van der Waals surface area contributed by atoms with Gasteiger partial charge in [0.2, 0.25) is 11.5 Å². The van der Waals surface area contributed by atoms with Gasteiger partial charge in [-0.25, -0.2) is 4.79 Å². The first-order valence-electron chi connectivity index (χ1n) is 6.87. The highest BCUT2D eigenvalue weighted by molar-refractivity contribution is 6.11. The van der Waals surface area contributed by atoms with Crippen LogP contribution in [0.5, 0.6) is 0 Å². The van der Waals surface area contributed by atoms with Crippen LogP contribution in [0.4, 0.5) is 0 Å². The monoisotopic (exact) mass is 292 g/mol. The van der Waals surface area contributed by atoms with Crippen LogP contribution in [0.2, 0.25) is 0 Å². The summed E-state index contributed by atoms with van der Waals surface area (Å²) in [5.41, 5.74) is 0.984. The first-order valence-corrected chi connectivity index (χ1v) is 6.87. The van der Waals surface area contributed by atoms with Gasteiger partial charge in [-0.2, -0.15) is 0 Å². The first-order chi connectivity index (χ1) is 9.77. The van der Waals surface area contributed by atoms with Crippen molar-refractivity contribution in [2.75, 3.05) is 20.7 Å². The molecule has 1 aromatic rings. The van der Waals surface area contributed by atoms with Gasteiger partial charge in [-0.05, 0) is 13.3 Å². The molecule has 0 amide bonds. The van der Waals surface area contributed by atoms with E-state index in [4.69, 9.17) is 9.26 Å². The largest absolute Gasteiger partial charge is 0.460 e. The highest BCUT2D eigenvalue weighted by atomic mass is 16.6. The second-order valence-electron chi connectivity index (χ2n) is 5.96. The van der Waals surface area contributed by atoms with Crippen LogP contribution in [0.1, 0.15) is 53.8 Å². The van der Waals surface area contributed by atoms with E-state index >= 15 is 0 Å². The lowest BCUT2D eigenvalue weighted by Crippen LogP contribution is -2.31. The second-order valence-corrected chi connectivity index (χ2v) is 5.96. The average Bonchev–Trinajstić information content (AvgIpc) is 2.81. The molecule has 114 valence electrons. The number of Topliss-reactive ketones (excluding diaryl/α,β-unsaturated/α-hetero) is 1. The number of nitrogens with zero attached hydrogens (tertiary/aromatic N) is 2. The van der Waals surface area contributed by atoms with Gasteiger partial charge in [0.25, 0.3) is 0 Å². The molecule has 0 atom stereocenters. The van der Waals surface area contributed by atoms with Gasteiger partial charge in [0.1, 0.15) is 0 Å². The highest BCUT2D eigenvalue weighted by Gasteiger charge is 2.43. The van der Waals surface area contributed by atoms with Crippen LogP contribution in [-0.4, -0.2) is 42.5 Å². The standard InChI is InChI=1S/C15H20N2O4/c1-6-20-14(19)13-10-11(16-21-13)12(18)9(8-17(4)5)7-15(10,2)3/h8H,6-7H2,1-5H3. The van der Waals surface area contributed by atoms with Gasteiger partial charge >= 0.3 is 5.97 Å². The lowest BCUT2D eigenvalue weighted by atomic mass is 9.72. The Bertz CT molecular complexity index is 611. The summed E-state index contributed by atoms with van der Waals surface area (Å²) in [6, 6.07) is 0. The molecule has 0 saturated heterocycles. The molecule has 6 heteroatoms. The Balaban J connectivity index is 2.53. The highest BCUT2D eigenvalue weighted by Crippen LogP contribution is 2.41. The van der Waals surface area contributed by atoms with E-state index in [1.54, 1.807) is 13.1 Å². The molecule has 1 aliphatic carbocycles. The maximum atomic E-state index is 12.5. The van der Waals surface area contributed by atoms with Crippen LogP contribution in [0, 0.1) is 0 Å². The average molecular weight is 292 g/mol. The van der Waals surface area contributed by atoms with E-state index in [2.05, 4.69) is 5.16 Å². The van der Waals surface area contributed by atoms with E-state index in [0.29, 0.717) is 17.6 Å². The van der Waals surface area contributed by atoms with Crippen LogP contribution in [0.3, 0.4) is 0 Å². The summed E-state index contributed by atoms with van der Waals surface area (Å²) < 4.78 is 10.1. The van der Waals surface area contributed by atoms with E-state index in [0.717, 1.165) is 0 Å². The fourth-order valence-corrected chi connectivity index (χ4v) is 2.62. The number of allylic oxidation sites excluding steroid dienone is 1. The minimum Gasteiger partial charge on any atom is -0.460 e. The van der Waals surface area contributed by atoms with Gasteiger partial charge in [0.05, 0.1) is 6.61 Å². The van der Waals surface area contributed by atoms with E-state index in [1.807, 2.05) is 32.8 Å². The van der Waals surface area contributed by atoms with Crippen molar-refractivity contribution in [2.45, 2.75) is 32.6 Å². The van der Waals surface area contributed by atoms with Crippen molar-refractivity contribution < 1.29 is 18.8 Å². The molecule has 0 spiro atoms. The fourth-order valence-electron chi connectivity index (χ4n) is 2.62. The zero-order valence-electron chi connectivity index (χ0n) is 13.0. The summed E-state index contributed by atoms with van der Waals surface area (Å²) in [4.78, 5) is 26.2. The number of ether oxygens (including phenoxy) is 1. The molecule has 0 fully saturated rings. The zero-order valence-corrected chi connectivity index (χ0v) is 13.0. The molecule has 1 aliphatic rings. The molecule has 0 bridgehead atoms. The van der Waals surface area contributed by atoms with Crippen molar-refractivity contribution in [2.24, 2.45) is 0 Å². The minimum absolute atomic E-state index is 0.0362. The number of aromatic nitrogens is 1. The molecule has 21 heavy (non-hydrogen) atoms. The topological polar surface area (TPSA) is 72.6 Å². The number of ketones is 1. The summed E-state index contributed by atoms with van der Waals surface area (Å²) in [7, 11) is 3.71. The molecule has 1 heterocycles. The number of fused-ring (bicyclic) bond motifs is 1. The van der Waals surface area contributed by atoms with Crippen molar-refractivity contribution in [3.63, 3.8) is 0 Å². The Morgan fingerprint density at radius 1 is 1.48 bits per heavy atom. The fraction of sp³-hybridized carbons (Fsp3) is 0.533. The summed E-state index contributed by atoms with van der Waals surface area (Å²) >= 11 is 0. The molecule has 0 radical (unpaired) electrons. The maximum absolute atomic E-state index is 12.5. The van der Waals surface area contributed by atoms with Crippen molar-refractivity contribution in [3.8, 4) is 0 Å². The Kier molecular flexibility index (Phi) is 3.89. The molecule has 6 nitrogen and oxygen atoms in total. The van der Waals surface area contributed by atoms with Crippen LogP contribution < -0.4 is 0 Å². The molecule has 0 N–H and O–H groups in total. The Morgan fingerprint density at radius 2 is 2.14 bits per heavy atom. The van der Waals surface area contributed by atoms with Gasteiger partial charge in [-0.1, -0.05) is 19.0 Å². The predicted octanol–water partition coefficient (Wildman–Crippen LogP) is 2.16. The van der Waals surface area contributed by atoms with Crippen LogP contribution in [0.15, 0.2) is 16.3 Å². The molecule has 0 saturated carbocycles. The van der Waals surface area contributed by atoms with Gasteiger partial charge < -0.3 is 14.2 Å². The molecule has 2 rings (SSSR count). The molecule has 0 aromatic carbocycles. The minimum atomic E-state index is -0.577. The van der Waals surface area contributed by atoms with Gasteiger partial charge in [0.15, 0.2) is 5.69 Å². The normalized spacial score (nSPS) is 18.5. The van der Waals surface area contributed by atoms with Gasteiger partial charge in [0, 0.05) is 36.8 Å². The third kappa shape index (κ3) is 2.70. The third-order valence-electron chi connectivity index (χ3n) is 3.38. The lowest BCUT2D eigenvalue weighted by molar-refractivity contribution is 0.0475. The molecule has 0 aliphatic heterocycles. The van der Waals surface area contributed by atoms with E-state index in [9.17, 15) is 9.59 Å². The zero-order chi connectivity index (χ0) is 15.8. The number of rotatable bonds is 3. The molecule has 1 aromatic heterocycles. The van der Waals surface area contributed by atoms with Gasteiger partial charge in [-0.15, -0.1) is 0 Å². The van der Waals surface area contributed by atoms with Crippen molar-refractivity contribution in [3.05, 3.63) is 28.8 Å². The lowest BCUT2D eigenvalue weighted by Gasteiger charge is -2.30. The summed E-state index contributed by atoms with van der Waals surface area (Å²) in [6.07, 6.45) is 2.30. The summed E-state index contributed by atoms with van der Waals surface area (Å²) in [5.74, 6) is -0.737. The Hall–Kier alpha value is -2.11. The predicted molar refractivity (Wildman–Crippen MR) is 76.2 cm³/mol. The van der Waals surface area contributed by atoms with Crippen LogP contribution >= 0.6 is 0 Å². The number of hydrogen-bond acceptors (Lipinski definition) is 6. The quantitative estimate of drug-likeness (QED) is 0.628. The number of esters is 1. The maximum Gasteiger partial charge on any atom is 0.377 e. The van der Waals surface area contributed by atoms with Crippen molar-refractivity contribution >= 4 is 11.8 Å². The smallest absolute Gasteiger partial charge is 0.377 e. The number of carbonyl (C=O) groups excluding carboxylic acids is 2. The van der Waals surface area contributed by atoms with Crippen LogP contribution in [-0.2, 0) is 10.2 Å². The molecular formula is C15H20N2O4. The molecule has 0 unspecified atom stereocenters. The van der Waals surface area contributed by atoms with Crippen LogP contribution in [0.25, 0.3) is 0 Å². The SMILES string of the molecule is CCOC(=O)c1onc2c1C(C)(C)CC(=CN(C)C)C2=O. The summed E-state index contributed by atoms with van der Waals surface area (Å²) in [5, 5.41) is 3.81.